The SMILES string of the molecule is Cc1cc(Cl)ccc1NC(=O)C[NH+]1CC[NH+](CCN=CC2=C(O)CC(C)(C)CC2=O)CC1. The van der Waals surface area contributed by atoms with Crippen LogP contribution in [0.3, 0.4) is 0 Å². The van der Waals surface area contributed by atoms with Crippen LogP contribution >= 0.6 is 11.6 Å². The fraction of sp³-hybridized carbons (Fsp3) is 0.542. The van der Waals surface area contributed by atoms with Crippen LogP contribution in [-0.2, 0) is 9.59 Å². The summed E-state index contributed by atoms with van der Waals surface area (Å²) in [7, 11) is 0. The van der Waals surface area contributed by atoms with E-state index in [9.17, 15) is 14.7 Å². The molecule has 3 rings (SSSR count). The molecule has 7 nitrogen and oxygen atoms in total. The van der Waals surface area contributed by atoms with Gasteiger partial charge < -0.3 is 20.2 Å². The predicted molar refractivity (Wildman–Crippen MR) is 127 cm³/mol. The number of anilines is 1. The standard InChI is InChI=1S/C24H33ClN4O3/c1-17-12-18(25)4-5-20(17)27-23(32)16-29-10-8-28(9-11-29)7-6-26-15-19-21(30)13-24(2,3)14-22(19)31/h4-5,12,15,30H,6-11,13-14,16H2,1-3H3,(H,27,32)/p+2. The van der Waals surface area contributed by atoms with Crippen LogP contribution in [0.25, 0.3) is 0 Å². The second kappa shape index (κ2) is 10.6. The summed E-state index contributed by atoms with van der Waals surface area (Å²) < 4.78 is 0. The third-order valence-corrected chi connectivity index (χ3v) is 6.48. The van der Waals surface area contributed by atoms with Gasteiger partial charge in [-0.2, -0.15) is 0 Å². The van der Waals surface area contributed by atoms with Gasteiger partial charge in [0.05, 0.1) is 18.7 Å². The minimum atomic E-state index is -0.185. The number of hydrogen-bond acceptors (Lipinski definition) is 4. The van der Waals surface area contributed by atoms with E-state index in [1.54, 1.807) is 12.3 Å². The van der Waals surface area contributed by atoms with E-state index in [0.717, 1.165) is 44.0 Å². The number of carbonyl (C=O) groups excluding carboxylic acids is 2. The van der Waals surface area contributed by atoms with Crippen molar-refractivity contribution in [3.63, 3.8) is 0 Å². The van der Waals surface area contributed by atoms with Crippen molar-refractivity contribution in [3.05, 3.63) is 40.1 Å². The highest BCUT2D eigenvalue weighted by Gasteiger charge is 2.32. The molecule has 1 aromatic carbocycles. The van der Waals surface area contributed by atoms with E-state index in [1.165, 1.54) is 9.80 Å². The number of aliphatic imine (C=N–C) groups is 1. The van der Waals surface area contributed by atoms with Crippen LogP contribution < -0.4 is 15.1 Å². The molecule has 1 aromatic rings. The molecular formula is C24H35ClN4O3+2. The molecule has 0 saturated carbocycles. The number of allylic oxidation sites excluding steroid dienone is 2. The number of piperazine rings is 1. The number of nitrogens with zero attached hydrogens (tertiary/aromatic N) is 1. The van der Waals surface area contributed by atoms with Crippen molar-refractivity contribution in [2.24, 2.45) is 10.4 Å². The molecule has 1 aliphatic carbocycles. The number of aryl methyl sites for hydroxylation is 1. The summed E-state index contributed by atoms with van der Waals surface area (Å²) in [6.45, 7) is 11.7. The molecule has 0 radical (unpaired) electrons. The van der Waals surface area contributed by atoms with E-state index in [-0.39, 0.29) is 22.9 Å². The molecule has 1 fully saturated rings. The first-order valence-electron chi connectivity index (χ1n) is 11.3. The summed E-state index contributed by atoms with van der Waals surface area (Å²) in [5.74, 6) is 0.151. The summed E-state index contributed by atoms with van der Waals surface area (Å²) >= 11 is 5.97. The first-order chi connectivity index (χ1) is 15.1. The van der Waals surface area contributed by atoms with Gasteiger partial charge in [0.2, 0.25) is 0 Å². The molecule has 1 aliphatic heterocycles. The Morgan fingerprint density at radius 1 is 1.22 bits per heavy atom. The van der Waals surface area contributed by atoms with E-state index >= 15 is 0 Å². The Hall–Kier alpha value is -2.22. The largest absolute Gasteiger partial charge is 0.511 e. The Bertz CT molecular complexity index is 918. The number of benzene rings is 1. The number of hydrogen-bond donors (Lipinski definition) is 4. The summed E-state index contributed by atoms with van der Waals surface area (Å²) in [4.78, 5) is 31.8. The van der Waals surface area contributed by atoms with Crippen LogP contribution in [0.1, 0.15) is 32.3 Å². The van der Waals surface area contributed by atoms with Crippen LogP contribution in [0.15, 0.2) is 34.5 Å². The van der Waals surface area contributed by atoms with Gasteiger partial charge in [0.25, 0.3) is 5.91 Å². The number of aliphatic hydroxyl groups is 1. The molecule has 0 atom stereocenters. The van der Waals surface area contributed by atoms with Crippen LogP contribution in [0, 0.1) is 12.3 Å². The molecule has 1 amide bonds. The Kier molecular flexibility index (Phi) is 8.09. The van der Waals surface area contributed by atoms with Gasteiger partial charge in [-0.05, 0) is 36.1 Å². The Balaban J connectivity index is 1.38. The van der Waals surface area contributed by atoms with Gasteiger partial charge in [0.15, 0.2) is 12.3 Å². The smallest absolute Gasteiger partial charge is 0.279 e. The minimum Gasteiger partial charge on any atom is -0.511 e. The molecule has 174 valence electrons. The molecule has 0 bridgehead atoms. The topological polar surface area (TPSA) is 87.6 Å². The lowest BCUT2D eigenvalue weighted by Gasteiger charge is -2.29. The first kappa shape index (κ1) is 24.4. The molecule has 2 aliphatic rings. The summed E-state index contributed by atoms with van der Waals surface area (Å²) in [5, 5.41) is 13.8. The number of halogens is 1. The van der Waals surface area contributed by atoms with E-state index in [1.807, 2.05) is 32.9 Å². The van der Waals surface area contributed by atoms with Gasteiger partial charge in [-0.3, -0.25) is 14.6 Å². The van der Waals surface area contributed by atoms with Crippen LogP contribution in [0.4, 0.5) is 5.69 Å². The normalized spacial score (nSPS) is 23.6. The third-order valence-electron chi connectivity index (χ3n) is 6.25. The lowest BCUT2D eigenvalue weighted by atomic mass is 9.77. The number of aliphatic hydroxyl groups excluding tert-OH is 1. The monoisotopic (exact) mass is 462 g/mol. The lowest BCUT2D eigenvalue weighted by molar-refractivity contribution is -1.01. The maximum atomic E-state index is 12.4. The average Bonchev–Trinajstić information content (AvgIpc) is 2.69. The maximum absolute atomic E-state index is 12.4. The molecule has 0 spiro atoms. The van der Waals surface area contributed by atoms with Crippen LogP contribution in [0.2, 0.25) is 5.02 Å². The second-order valence-electron chi connectivity index (χ2n) is 9.77. The van der Waals surface area contributed by atoms with Crippen molar-refractivity contribution < 1.29 is 24.5 Å². The zero-order chi connectivity index (χ0) is 23.3. The number of nitrogens with one attached hydrogen (secondary N) is 3. The van der Waals surface area contributed by atoms with Crippen molar-refractivity contribution in [1.29, 1.82) is 0 Å². The van der Waals surface area contributed by atoms with E-state index in [4.69, 9.17) is 11.6 Å². The highest BCUT2D eigenvalue weighted by atomic mass is 35.5. The zero-order valence-corrected chi connectivity index (χ0v) is 20.0. The summed E-state index contributed by atoms with van der Waals surface area (Å²) in [6, 6.07) is 5.47. The number of Topliss-reactive ketones (excluding diaryl/α,β-unsaturated/α-hetero) is 1. The average molecular weight is 463 g/mol. The van der Waals surface area contributed by atoms with Crippen LogP contribution in [0.5, 0.6) is 0 Å². The maximum Gasteiger partial charge on any atom is 0.279 e. The van der Waals surface area contributed by atoms with Gasteiger partial charge in [-0.25, -0.2) is 0 Å². The van der Waals surface area contributed by atoms with Crippen LogP contribution in [-0.4, -0.2) is 68.8 Å². The van der Waals surface area contributed by atoms with Gasteiger partial charge >= 0.3 is 0 Å². The summed E-state index contributed by atoms with van der Waals surface area (Å²) in [5.41, 5.74) is 1.95. The molecular weight excluding hydrogens is 428 g/mol. The van der Waals surface area contributed by atoms with E-state index < -0.39 is 0 Å². The Morgan fingerprint density at radius 2 is 1.91 bits per heavy atom. The molecule has 0 unspecified atom stereocenters. The fourth-order valence-electron chi connectivity index (χ4n) is 4.40. The first-order valence-corrected chi connectivity index (χ1v) is 11.7. The predicted octanol–water partition coefficient (Wildman–Crippen LogP) is 0.642. The van der Waals surface area contributed by atoms with Gasteiger partial charge in [0, 0.05) is 29.8 Å². The highest BCUT2D eigenvalue weighted by Crippen LogP contribution is 2.35. The molecule has 4 N–H and O–H groups in total. The number of amides is 1. The quantitative estimate of drug-likeness (QED) is 0.448. The number of rotatable bonds is 7. The molecule has 8 heteroatoms. The van der Waals surface area contributed by atoms with E-state index in [2.05, 4.69) is 10.3 Å². The molecule has 32 heavy (non-hydrogen) atoms. The van der Waals surface area contributed by atoms with Gasteiger partial charge in [-0.1, -0.05) is 25.4 Å². The number of quaternary nitrogens is 2. The fourth-order valence-corrected chi connectivity index (χ4v) is 4.63. The summed E-state index contributed by atoms with van der Waals surface area (Å²) in [6.07, 6.45) is 2.51. The van der Waals surface area contributed by atoms with Crippen molar-refractivity contribution in [2.45, 2.75) is 33.6 Å². The van der Waals surface area contributed by atoms with Gasteiger partial charge in [-0.15, -0.1) is 0 Å². The third kappa shape index (κ3) is 6.89. The zero-order valence-electron chi connectivity index (χ0n) is 19.3. The number of ketones is 1. The molecule has 1 saturated heterocycles. The highest BCUT2D eigenvalue weighted by molar-refractivity contribution is 6.30. The van der Waals surface area contributed by atoms with Crippen molar-refractivity contribution >= 4 is 35.2 Å². The number of carbonyl (C=O) groups is 2. The molecule has 1 heterocycles. The Morgan fingerprint density at radius 3 is 2.56 bits per heavy atom. The van der Waals surface area contributed by atoms with Crippen molar-refractivity contribution in [3.8, 4) is 0 Å². The lowest BCUT2D eigenvalue weighted by Crippen LogP contribution is -3.28. The molecule has 0 aromatic heterocycles. The van der Waals surface area contributed by atoms with Crippen molar-refractivity contribution in [2.75, 3.05) is 51.1 Å². The Labute approximate surface area is 195 Å². The van der Waals surface area contributed by atoms with E-state index in [0.29, 0.717) is 36.5 Å². The van der Waals surface area contributed by atoms with Gasteiger partial charge in [0.1, 0.15) is 31.9 Å². The van der Waals surface area contributed by atoms with Crippen molar-refractivity contribution in [1.82, 2.24) is 0 Å². The minimum absolute atomic E-state index is 0.0203. The second-order valence-corrected chi connectivity index (χ2v) is 10.2.